The van der Waals surface area contributed by atoms with Gasteiger partial charge in [0.1, 0.15) is 18.3 Å². The molecule has 14 rings (SSSR count). The number of hydrogen-bond acceptors (Lipinski definition) is 25. The summed E-state index contributed by atoms with van der Waals surface area (Å²) in [5, 5.41) is 1.02. The molecule has 25 nitrogen and oxygen atoms in total. The van der Waals surface area contributed by atoms with Crippen molar-refractivity contribution in [3.05, 3.63) is 349 Å². The highest BCUT2D eigenvalue weighted by Gasteiger charge is 2.60. The molecule has 15 atom stereocenters. The van der Waals surface area contributed by atoms with Gasteiger partial charge >= 0.3 is 53.7 Å². The fourth-order valence-corrected chi connectivity index (χ4v) is 20.4. The van der Waals surface area contributed by atoms with Crippen molar-refractivity contribution in [2.24, 2.45) is 0 Å². The number of benzene rings is 11. The Hall–Kier alpha value is -13.4. The second-order valence-electron chi connectivity index (χ2n) is 31.4. The summed E-state index contributed by atoms with van der Waals surface area (Å²) in [4.78, 5) is 132. The van der Waals surface area contributed by atoms with E-state index in [0.717, 1.165) is 47.8 Å². The van der Waals surface area contributed by atoms with E-state index in [-0.39, 0.29) is 33.4 Å². The summed E-state index contributed by atoms with van der Waals surface area (Å²) in [5.41, 5.74) is 4.48. The summed E-state index contributed by atoms with van der Waals surface area (Å²) in [6, 6.07) is 89.8. The van der Waals surface area contributed by atoms with Crippen LogP contribution in [-0.2, 0) is 89.9 Å². The summed E-state index contributed by atoms with van der Waals surface area (Å²) in [5.74, 6) is -8.84. The molecule has 3 aliphatic heterocycles. The minimum atomic E-state index is -3.57. The number of ether oxygens (including phenoxy) is 15. The van der Waals surface area contributed by atoms with Gasteiger partial charge in [0.15, 0.2) is 73.8 Å². The van der Waals surface area contributed by atoms with Gasteiger partial charge in [-0.25, -0.2) is 28.8 Å². The highest BCUT2D eigenvalue weighted by molar-refractivity contribution is 6.99. The van der Waals surface area contributed by atoms with E-state index in [4.69, 9.17) is 75.5 Å². The zero-order valence-corrected chi connectivity index (χ0v) is 71.5. The lowest BCUT2D eigenvalue weighted by atomic mass is 9.96. The van der Waals surface area contributed by atoms with E-state index in [9.17, 15) is 28.8 Å². The maximum Gasteiger partial charge on any atom is 0.338 e. The van der Waals surface area contributed by atoms with Crippen molar-refractivity contribution < 1.29 is 119 Å². The topological polar surface area (TPSA) is 301 Å². The molecule has 652 valence electrons. The molecule has 0 unspecified atom stereocenters. The van der Waals surface area contributed by atoms with Crippen LogP contribution < -0.4 is 10.4 Å². The van der Waals surface area contributed by atoms with Gasteiger partial charge in [0.2, 0.25) is 0 Å². The average Bonchev–Trinajstić information content (AvgIpc) is 0.793. The Morgan fingerprint density at radius 2 is 0.480 bits per heavy atom. The fraction of sp³-hybridized carbons (Fsp3) is 0.257. The largest absolute Gasteiger partial charge is 0.456 e. The second-order valence-corrected chi connectivity index (χ2v) is 35.7. The Bertz CT molecular complexity index is 5500. The van der Waals surface area contributed by atoms with Crippen LogP contribution in [0.15, 0.2) is 315 Å². The van der Waals surface area contributed by atoms with Gasteiger partial charge in [0.05, 0.1) is 53.2 Å². The van der Waals surface area contributed by atoms with Crippen LogP contribution in [0.1, 0.15) is 104 Å². The number of carbonyl (C=O) groups is 9. The van der Waals surface area contributed by atoms with Crippen molar-refractivity contribution in [2.45, 2.75) is 139 Å². The minimum Gasteiger partial charge on any atom is -0.456 e. The Balaban J connectivity index is 0.922. The third-order valence-corrected chi connectivity index (χ3v) is 26.8. The van der Waals surface area contributed by atoms with Gasteiger partial charge in [-0.3, -0.25) is 14.4 Å². The average molecular weight is 1740 g/mol. The van der Waals surface area contributed by atoms with Crippen LogP contribution in [-0.4, -0.2) is 181 Å². The van der Waals surface area contributed by atoms with E-state index in [2.05, 4.69) is 0 Å². The zero-order valence-electron chi connectivity index (χ0n) is 70.5. The standard InChI is InChI=1S/C101H94O25Si/c1-63(102)115-83-82(62-114-127(101(4,5)6,78-44-28-14-29-45-78)79-46-30-15-31-47-79)120-99(90(117-65(3)104)86(83)116-64(2)103)112-61-81-85(122-95(108)75-54-48-69(49-55-75)66-32-16-8-17-33-66)88(124-96(109)76-56-50-70(51-57-76)67-34-18-9-19-35-67)91(126-97(110)77-58-52-71(53-59-77)68-36-20-10-21-37-68)100(119-81)113-60-80-84(121-92(105)72-38-22-11-23-39-72)87(123-93(106)73-40-24-12-25-41-73)89(98(111-7)118-80)125-94(107)74-42-26-13-27-43-74/h8-59,80-91,98-100H,60-62H2,1-7H3/t80-,81-,82-,83+,84+,85+,86+,87+,88+,89-,90-,91-,98-,99-,100-/m1/s1. The molecule has 0 radical (unpaired) electrons. The van der Waals surface area contributed by atoms with Gasteiger partial charge in [-0.2, -0.15) is 0 Å². The van der Waals surface area contributed by atoms with Crippen molar-refractivity contribution in [2.75, 3.05) is 26.9 Å². The van der Waals surface area contributed by atoms with Crippen LogP contribution in [0.5, 0.6) is 0 Å². The van der Waals surface area contributed by atoms with Crippen LogP contribution >= 0.6 is 0 Å². The molecule has 0 spiro atoms. The summed E-state index contributed by atoms with van der Waals surface area (Å²) < 4.78 is 106. The number of rotatable bonds is 30. The molecule has 3 heterocycles. The maximum atomic E-state index is 15.7. The molecule has 26 heteroatoms. The summed E-state index contributed by atoms with van der Waals surface area (Å²) in [7, 11) is -2.35. The lowest BCUT2D eigenvalue weighted by molar-refractivity contribution is -0.340. The summed E-state index contributed by atoms with van der Waals surface area (Å²) in [6.07, 6.45) is -27.7. The molecule has 0 N–H and O–H groups in total. The van der Waals surface area contributed by atoms with E-state index in [1.54, 1.807) is 91.0 Å². The van der Waals surface area contributed by atoms with E-state index in [1.807, 2.05) is 172 Å². The highest BCUT2D eigenvalue weighted by atomic mass is 28.4. The molecular weight excluding hydrogens is 1640 g/mol. The molecule has 3 saturated heterocycles. The molecule has 0 bridgehead atoms. The van der Waals surface area contributed by atoms with Gasteiger partial charge in [0, 0.05) is 27.9 Å². The summed E-state index contributed by atoms with van der Waals surface area (Å²) in [6.45, 7) is 7.23. The zero-order chi connectivity index (χ0) is 89.1. The molecule has 0 amide bonds. The minimum absolute atomic E-state index is 0.00775. The van der Waals surface area contributed by atoms with Crippen LogP contribution in [0.25, 0.3) is 33.4 Å². The molecular formula is C101H94O25Si. The fourth-order valence-electron chi connectivity index (χ4n) is 15.8. The number of methoxy groups -OCH3 is 1. The molecule has 0 aromatic heterocycles. The predicted molar refractivity (Wildman–Crippen MR) is 465 cm³/mol. The van der Waals surface area contributed by atoms with Crippen molar-refractivity contribution in [3.8, 4) is 33.4 Å². The Kier molecular flexibility index (Phi) is 29.4. The molecule has 3 fully saturated rings. The highest BCUT2D eigenvalue weighted by Crippen LogP contribution is 2.41. The molecule has 3 aliphatic rings. The van der Waals surface area contributed by atoms with E-state index in [1.165, 1.54) is 79.9 Å². The molecule has 0 saturated carbocycles. The van der Waals surface area contributed by atoms with Gasteiger partial charge in [-0.1, -0.05) is 263 Å². The molecule has 11 aromatic rings. The first-order chi connectivity index (χ1) is 61.5. The van der Waals surface area contributed by atoms with E-state index < -0.39 is 179 Å². The molecule has 0 aliphatic carbocycles. The maximum absolute atomic E-state index is 15.7. The van der Waals surface area contributed by atoms with Crippen LogP contribution in [0.2, 0.25) is 5.04 Å². The first-order valence-corrected chi connectivity index (χ1v) is 43.3. The van der Waals surface area contributed by atoms with Crippen molar-refractivity contribution in [1.82, 2.24) is 0 Å². The Morgan fingerprint density at radius 1 is 0.260 bits per heavy atom. The van der Waals surface area contributed by atoms with Crippen molar-refractivity contribution >= 4 is 72.4 Å². The van der Waals surface area contributed by atoms with Crippen LogP contribution in [0.3, 0.4) is 0 Å². The van der Waals surface area contributed by atoms with Gasteiger partial charge < -0.3 is 75.5 Å². The second kappa shape index (κ2) is 41.6. The van der Waals surface area contributed by atoms with E-state index >= 15 is 14.4 Å². The first kappa shape index (κ1) is 89.9. The predicted octanol–water partition coefficient (Wildman–Crippen LogP) is 14.6. The molecule has 11 aromatic carbocycles. The Morgan fingerprint density at radius 3 is 0.787 bits per heavy atom. The number of hydrogen-bond donors (Lipinski definition) is 0. The lowest BCUT2D eigenvalue weighted by Gasteiger charge is -2.48. The van der Waals surface area contributed by atoms with Gasteiger partial charge in [0.25, 0.3) is 8.32 Å². The SMILES string of the molecule is CO[C@@H]1O[C@H](CO[C@@H]2O[C@H](CO[C@@H]3O[C@H](CO[Si](c4ccccc4)(c4ccccc4)C(C)(C)C)[C@H](OC(C)=O)[C@H](OC(C)=O)[C@H]3OC(C)=O)[C@H](OC(=O)c3ccc(-c4ccccc4)cc3)[C@H](OC(=O)c3ccc(-c4ccccc4)cc3)[C@H]2OC(=O)c2ccc(-c3ccccc3)cc2)[C@H](OC(=O)c2ccccc2)[C@H](OC(=O)c2ccccc2)[C@H]1OC(=O)c1ccccc1. The van der Waals surface area contributed by atoms with E-state index in [0.29, 0.717) is 16.7 Å². The quantitative estimate of drug-likeness (QED) is 0.0229. The van der Waals surface area contributed by atoms with Crippen molar-refractivity contribution in [3.63, 3.8) is 0 Å². The van der Waals surface area contributed by atoms with Crippen molar-refractivity contribution in [1.29, 1.82) is 0 Å². The van der Waals surface area contributed by atoms with Crippen LogP contribution in [0.4, 0.5) is 0 Å². The monoisotopic (exact) mass is 1730 g/mol. The van der Waals surface area contributed by atoms with Crippen LogP contribution in [0, 0.1) is 0 Å². The summed E-state index contributed by atoms with van der Waals surface area (Å²) >= 11 is 0. The number of carbonyl (C=O) groups excluding carboxylic acids is 9. The smallest absolute Gasteiger partial charge is 0.338 e. The van der Waals surface area contributed by atoms with Gasteiger partial charge in [-0.15, -0.1) is 0 Å². The Labute approximate surface area is 735 Å². The molecule has 127 heavy (non-hydrogen) atoms. The lowest BCUT2D eigenvalue weighted by Crippen LogP contribution is -2.69. The number of esters is 9. The third kappa shape index (κ3) is 21.8. The van der Waals surface area contributed by atoms with Gasteiger partial charge in [-0.05, 0) is 122 Å². The normalized spacial score (nSPS) is 22.1. The third-order valence-electron chi connectivity index (χ3n) is 21.8. The first-order valence-electron chi connectivity index (χ1n) is 41.4.